The molecule has 4 nitrogen and oxygen atoms in total. The molecule has 1 fully saturated rings. The minimum absolute atomic E-state index is 0.0106. The normalized spacial score (nSPS) is 18.2. The zero-order chi connectivity index (χ0) is 17.8. The highest BCUT2D eigenvalue weighted by atomic mass is 16.2. The molecule has 0 radical (unpaired) electrons. The van der Waals surface area contributed by atoms with Crippen LogP contribution in [0.2, 0.25) is 0 Å². The number of carbonyl (C=O) groups is 2. The molecule has 4 heteroatoms. The summed E-state index contributed by atoms with van der Waals surface area (Å²) in [5, 5.41) is 2.96. The van der Waals surface area contributed by atoms with Crippen molar-refractivity contribution in [3.63, 3.8) is 0 Å². The minimum Gasteiger partial charge on any atom is -0.352 e. The average Bonchev–Trinajstić information content (AvgIpc) is 3.03. The van der Waals surface area contributed by atoms with Crippen molar-refractivity contribution in [2.45, 2.75) is 32.9 Å². The van der Waals surface area contributed by atoms with Crippen LogP contribution in [0.15, 0.2) is 54.6 Å². The Bertz CT molecular complexity index is 740. The van der Waals surface area contributed by atoms with Gasteiger partial charge in [-0.05, 0) is 25.0 Å². The predicted octanol–water partition coefficient (Wildman–Crippen LogP) is 3.22. The van der Waals surface area contributed by atoms with Gasteiger partial charge in [0.1, 0.15) is 0 Å². The number of benzene rings is 2. The summed E-state index contributed by atoms with van der Waals surface area (Å²) >= 11 is 0. The molecule has 1 N–H and O–H groups in total. The third kappa shape index (κ3) is 4.08. The molecule has 2 aromatic rings. The Morgan fingerprint density at radius 3 is 2.52 bits per heavy atom. The fourth-order valence-corrected chi connectivity index (χ4v) is 3.23. The van der Waals surface area contributed by atoms with E-state index >= 15 is 0 Å². The lowest BCUT2D eigenvalue weighted by molar-refractivity contribution is -0.130. The minimum atomic E-state index is -0.274. The lowest BCUT2D eigenvalue weighted by Gasteiger charge is -2.25. The fourth-order valence-electron chi connectivity index (χ4n) is 3.23. The van der Waals surface area contributed by atoms with Crippen LogP contribution in [0.5, 0.6) is 0 Å². The highest BCUT2D eigenvalue weighted by Gasteiger charge is 2.36. The van der Waals surface area contributed by atoms with Crippen LogP contribution in [-0.4, -0.2) is 23.3 Å². The van der Waals surface area contributed by atoms with E-state index in [1.807, 2.05) is 73.3 Å². The highest BCUT2D eigenvalue weighted by molar-refractivity contribution is 5.89. The maximum absolute atomic E-state index is 12.4. The molecular formula is C21H24N2O2. The summed E-state index contributed by atoms with van der Waals surface area (Å²) in [7, 11) is 0. The van der Waals surface area contributed by atoms with Crippen molar-refractivity contribution in [2.75, 3.05) is 6.54 Å². The van der Waals surface area contributed by atoms with Crippen molar-refractivity contribution in [3.8, 4) is 0 Å². The van der Waals surface area contributed by atoms with E-state index in [4.69, 9.17) is 0 Å². The molecule has 1 aliphatic heterocycles. The SMILES string of the molecule is Cc1ccc(CNC(=O)[C@H]2CC(=O)N([C@@H](C)c3ccccc3)C2)cc1. The van der Waals surface area contributed by atoms with E-state index in [0.29, 0.717) is 13.1 Å². The fraction of sp³-hybridized carbons (Fsp3) is 0.333. The molecule has 130 valence electrons. The Hall–Kier alpha value is -2.62. The highest BCUT2D eigenvalue weighted by Crippen LogP contribution is 2.28. The number of nitrogens with one attached hydrogen (secondary N) is 1. The Labute approximate surface area is 148 Å². The number of hydrogen-bond acceptors (Lipinski definition) is 2. The maximum Gasteiger partial charge on any atom is 0.225 e. The summed E-state index contributed by atoms with van der Waals surface area (Å²) < 4.78 is 0. The van der Waals surface area contributed by atoms with Crippen molar-refractivity contribution >= 4 is 11.8 Å². The smallest absolute Gasteiger partial charge is 0.225 e. The molecule has 1 aliphatic rings. The lowest BCUT2D eigenvalue weighted by Crippen LogP contribution is -2.33. The van der Waals surface area contributed by atoms with E-state index in [0.717, 1.165) is 11.1 Å². The lowest BCUT2D eigenvalue weighted by atomic mass is 10.1. The van der Waals surface area contributed by atoms with Crippen LogP contribution in [0.4, 0.5) is 0 Å². The average molecular weight is 336 g/mol. The van der Waals surface area contributed by atoms with E-state index in [-0.39, 0.29) is 30.2 Å². The van der Waals surface area contributed by atoms with Crippen LogP contribution in [0, 0.1) is 12.8 Å². The molecule has 1 heterocycles. The molecule has 0 spiro atoms. The van der Waals surface area contributed by atoms with Gasteiger partial charge in [0.2, 0.25) is 11.8 Å². The first-order chi connectivity index (χ1) is 12.0. The number of amides is 2. The van der Waals surface area contributed by atoms with Gasteiger partial charge >= 0.3 is 0 Å². The number of likely N-dealkylation sites (tertiary alicyclic amines) is 1. The monoisotopic (exact) mass is 336 g/mol. The van der Waals surface area contributed by atoms with Gasteiger partial charge in [0.25, 0.3) is 0 Å². The van der Waals surface area contributed by atoms with Crippen molar-refractivity contribution in [1.82, 2.24) is 10.2 Å². The van der Waals surface area contributed by atoms with E-state index in [2.05, 4.69) is 5.32 Å². The quantitative estimate of drug-likeness (QED) is 0.911. The molecule has 2 amide bonds. The molecule has 2 atom stereocenters. The van der Waals surface area contributed by atoms with Crippen LogP contribution in [0.25, 0.3) is 0 Å². The Kier molecular flexibility index (Phi) is 5.17. The number of aryl methyl sites for hydroxylation is 1. The third-order valence-electron chi connectivity index (χ3n) is 4.87. The first-order valence-corrected chi connectivity index (χ1v) is 8.72. The zero-order valence-corrected chi connectivity index (χ0v) is 14.7. The second kappa shape index (κ2) is 7.51. The summed E-state index contributed by atoms with van der Waals surface area (Å²) in [5.41, 5.74) is 3.36. The standard InChI is InChI=1S/C21H24N2O2/c1-15-8-10-17(11-9-15)13-22-21(25)19-12-20(24)23(14-19)16(2)18-6-4-3-5-7-18/h3-11,16,19H,12-14H2,1-2H3,(H,22,25)/t16-,19-/m0/s1. The van der Waals surface area contributed by atoms with Crippen molar-refractivity contribution in [1.29, 1.82) is 0 Å². The zero-order valence-electron chi connectivity index (χ0n) is 14.7. The van der Waals surface area contributed by atoms with Gasteiger partial charge in [-0.25, -0.2) is 0 Å². The van der Waals surface area contributed by atoms with Gasteiger partial charge in [0, 0.05) is 19.5 Å². The molecule has 0 saturated carbocycles. The largest absolute Gasteiger partial charge is 0.352 e. The molecule has 0 aromatic heterocycles. The molecule has 0 unspecified atom stereocenters. The van der Waals surface area contributed by atoms with Crippen LogP contribution in [0.3, 0.4) is 0 Å². The van der Waals surface area contributed by atoms with Crippen LogP contribution in [0.1, 0.15) is 36.1 Å². The number of nitrogens with zero attached hydrogens (tertiary/aromatic N) is 1. The van der Waals surface area contributed by atoms with Crippen molar-refractivity contribution < 1.29 is 9.59 Å². The van der Waals surface area contributed by atoms with Gasteiger partial charge in [0.05, 0.1) is 12.0 Å². The van der Waals surface area contributed by atoms with Crippen molar-refractivity contribution in [2.24, 2.45) is 5.92 Å². The summed E-state index contributed by atoms with van der Waals surface area (Å²) in [5.74, 6) is -0.271. The molecule has 2 aromatic carbocycles. The first kappa shape index (κ1) is 17.2. The van der Waals surface area contributed by atoms with Crippen LogP contribution in [-0.2, 0) is 16.1 Å². The summed E-state index contributed by atoms with van der Waals surface area (Å²) in [6.07, 6.45) is 0.289. The molecule has 3 rings (SSSR count). The summed E-state index contributed by atoms with van der Waals surface area (Å²) in [6.45, 7) is 5.03. The van der Waals surface area contributed by atoms with Gasteiger partial charge in [-0.15, -0.1) is 0 Å². The maximum atomic E-state index is 12.4. The van der Waals surface area contributed by atoms with Gasteiger partial charge in [-0.2, -0.15) is 0 Å². The Balaban J connectivity index is 1.58. The Morgan fingerprint density at radius 1 is 1.16 bits per heavy atom. The van der Waals surface area contributed by atoms with Gasteiger partial charge < -0.3 is 10.2 Å². The van der Waals surface area contributed by atoms with E-state index < -0.39 is 0 Å². The predicted molar refractivity (Wildman–Crippen MR) is 97.7 cm³/mol. The Morgan fingerprint density at radius 2 is 1.84 bits per heavy atom. The molecule has 0 aliphatic carbocycles. The first-order valence-electron chi connectivity index (χ1n) is 8.72. The van der Waals surface area contributed by atoms with Crippen molar-refractivity contribution in [3.05, 3.63) is 71.3 Å². The number of hydrogen-bond donors (Lipinski definition) is 1. The van der Waals surface area contributed by atoms with Gasteiger partial charge in [-0.3, -0.25) is 9.59 Å². The number of rotatable bonds is 5. The summed E-state index contributed by atoms with van der Waals surface area (Å²) in [6, 6.07) is 18.0. The van der Waals surface area contributed by atoms with E-state index in [9.17, 15) is 9.59 Å². The van der Waals surface area contributed by atoms with Crippen LogP contribution < -0.4 is 5.32 Å². The third-order valence-corrected chi connectivity index (χ3v) is 4.87. The van der Waals surface area contributed by atoms with E-state index in [1.165, 1.54) is 5.56 Å². The molecular weight excluding hydrogens is 312 g/mol. The van der Waals surface area contributed by atoms with Gasteiger partial charge in [0.15, 0.2) is 0 Å². The second-order valence-electron chi connectivity index (χ2n) is 6.74. The number of carbonyl (C=O) groups excluding carboxylic acids is 2. The molecule has 0 bridgehead atoms. The molecule has 25 heavy (non-hydrogen) atoms. The molecule has 1 saturated heterocycles. The second-order valence-corrected chi connectivity index (χ2v) is 6.74. The summed E-state index contributed by atoms with van der Waals surface area (Å²) in [4.78, 5) is 26.6. The van der Waals surface area contributed by atoms with Gasteiger partial charge in [-0.1, -0.05) is 60.2 Å². The topological polar surface area (TPSA) is 49.4 Å². The van der Waals surface area contributed by atoms with E-state index in [1.54, 1.807) is 0 Å². The van der Waals surface area contributed by atoms with Crippen LogP contribution >= 0.6 is 0 Å².